The number of hydrogen-bond acceptors (Lipinski definition) is 3. The van der Waals surface area contributed by atoms with Gasteiger partial charge in [0.05, 0.1) is 7.11 Å². The second-order valence-electron chi connectivity index (χ2n) is 4.60. The second-order valence-corrected chi connectivity index (χ2v) is 4.60. The molecule has 1 aromatic rings. The first-order chi connectivity index (χ1) is 8.52. The van der Waals surface area contributed by atoms with Crippen LogP contribution in [0, 0.1) is 6.92 Å². The second kappa shape index (κ2) is 7.01. The number of aryl methyl sites for hydroxylation is 2. The first-order valence-electron chi connectivity index (χ1n) is 6.18. The Hall–Kier alpha value is -1.55. The van der Waals surface area contributed by atoms with E-state index in [0.717, 1.165) is 16.9 Å². The number of methoxy groups -OCH3 is 1. The van der Waals surface area contributed by atoms with Gasteiger partial charge in [-0.25, -0.2) is 0 Å². The van der Waals surface area contributed by atoms with E-state index in [1.807, 2.05) is 32.0 Å². The monoisotopic (exact) mass is 250 g/mol. The Morgan fingerprint density at radius 3 is 2.83 bits per heavy atom. The number of benzene rings is 1. The molecule has 1 atom stereocenters. The summed E-state index contributed by atoms with van der Waals surface area (Å²) >= 11 is 0. The molecule has 0 aliphatic carbocycles. The van der Waals surface area contributed by atoms with Gasteiger partial charge in [-0.05, 0) is 37.5 Å². The molecule has 0 radical (unpaired) electrons. The molecule has 0 aromatic heterocycles. The van der Waals surface area contributed by atoms with Crippen LogP contribution in [0.5, 0.6) is 5.75 Å². The van der Waals surface area contributed by atoms with Gasteiger partial charge in [0, 0.05) is 19.0 Å². The first kappa shape index (κ1) is 14.5. The van der Waals surface area contributed by atoms with Crippen molar-refractivity contribution in [2.24, 2.45) is 5.73 Å². The number of ether oxygens (including phenoxy) is 1. The highest BCUT2D eigenvalue weighted by Crippen LogP contribution is 2.21. The van der Waals surface area contributed by atoms with E-state index in [2.05, 4.69) is 5.32 Å². The standard InChI is InChI=1S/C14H22N2O2/c1-10-4-5-12(13(8-10)18-3)6-7-14(17)16-9-11(2)15/h4-5,8,11H,6-7,9,15H2,1-3H3,(H,16,17). The van der Waals surface area contributed by atoms with Gasteiger partial charge in [0.1, 0.15) is 5.75 Å². The number of nitrogens with one attached hydrogen (secondary N) is 1. The summed E-state index contributed by atoms with van der Waals surface area (Å²) in [6.45, 7) is 4.40. The van der Waals surface area contributed by atoms with Crippen molar-refractivity contribution in [3.8, 4) is 5.75 Å². The molecule has 0 saturated carbocycles. The highest BCUT2D eigenvalue weighted by Gasteiger charge is 2.07. The van der Waals surface area contributed by atoms with Crippen LogP contribution in [0.2, 0.25) is 0 Å². The summed E-state index contributed by atoms with van der Waals surface area (Å²) < 4.78 is 5.30. The van der Waals surface area contributed by atoms with Gasteiger partial charge in [-0.3, -0.25) is 4.79 Å². The summed E-state index contributed by atoms with van der Waals surface area (Å²) in [5.41, 5.74) is 7.78. The van der Waals surface area contributed by atoms with E-state index < -0.39 is 0 Å². The van der Waals surface area contributed by atoms with Crippen molar-refractivity contribution < 1.29 is 9.53 Å². The Bertz CT molecular complexity index is 403. The molecule has 0 bridgehead atoms. The third-order valence-electron chi connectivity index (χ3n) is 2.69. The molecule has 1 unspecified atom stereocenters. The van der Waals surface area contributed by atoms with Gasteiger partial charge in [0.25, 0.3) is 0 Å². The Morgan fingerprint density at radius 1 is 1.50 bits per heavy atom. The van der Waals surface area contributed by atoms with E-state index in [9.17, 15) is 4.79 Å². The summed E-state index contributed by atoms with van der Waals surface area (Å²) in [4.78, 5) is 11.6. The molecule has 0 aliphatic heterocycles. The summed E-state index contributed by atoms with van der Waals surface area (Å²) in [5, 5.41) is 2.80. The predicted octanol–water partition coefficient (Wildman–Crippen LogP) is 1.40. The fraction of sp³-hybridized carbons (Fsp3) is 0.500. The Balaban J connectivity index is 2.50. The normalized spacial score (nSPS) is 12.0. The van der Waals surface area contributed by atoms with Gasteiger partial charge in [-0.1, -0.05) is 12.1 Å². The summed E-state index contributed by atoms with van der Waals surface area (Å²) in [7, 11) is 1.65. The lowest BCUT2D eigenvalue weighted by molar-refractivity contribution is -0.121. The minimum absolute atomic E-state index is 0.0112. The molecule has 4 nitrogen and oxygen atoms in total. The van der Waals surface area contributed by atoms with Crippen LogP contribution >= 0.6 is 0 Å². The number of hydrogen-bond donors (Lipinski definition) is 2. The molecule has 0 spiro atoms. The molecule has 0 heterocycles. The first-order valence-corrected chi connectivity index (χ1v) is 6.18. The van der Waals surface area contributed by atoms with E-state index in [4.69, 9.17) is 10.5 Å². The number of nitrogens with two attached hydrogens (primary N) is 1. The summed E-state index contributed by atoms with van der Waals surface area (Å²) in [6, 6.07) is 6.00. The fourth-order valence-electron chi connectivity index (χ4n) is 1.67. The maximum atomic E-state index is 11.6. The molecule has 0 saturated heterocycles. The average Bonchev–Trinajstić information content (AvgIpc) is 2.34. The smallest absolute Gasteiger partial charge is 0.220 e. The van der Waals surface area contributed by atoms with Crippen molar-refractivity contribution in [2.75, 3.05) is 13.7 Å². The average molecular weight is 250 g/mol. The third-order valence-corrected chi connectivity index (χ3v) is 2.69. The highest BCUT2D eigenvalue weighted by atomic mass is 16.5. The van der Waals surface area contributed by atoms with Crippen LogP contribution < -0.4 is 15.8 Å². The van der Waals surface area contributed by atoms with E-state index in [-0.39, 0.29) is 11.9 Å². The van der Waals surface area contributed by atoms with Crippen molar-refractivity contribution >= 4 is 5.91 Å². The summed E-state index contributed by atoms with van der Waals surface area (Å²) in [5.74, 6) is 0.866. The maximum absolute atomic E-state index is 11.6. The van der Waals surface area contributed by atoms with E-state index >= 15 is 0 Å². The van der Waals surface area contributed by atoms with E-state index in [1.165, 1.54) is 0 Å². The zero-order valence-electron chi connectivity index (χ0n) is 11.3. The maximum Gasteiger partial charge on any atom is 0.220 e. The zero-order chi connectivity index (χ0) is 13.5. The van der Waals surface area contributed by atoms with Crippen molar-refractivity contribution in [1.82, 2.24) is 5.32 Å². The number of amides is 1. The van der Waals surface area contributed by atoms with Crippen LogP contribution in [-0.2, 0) is 11.2 Å². The van der Waals surface area contributed by atoms with Crippen LogP contribution in [0.25, 0.3) is 0 Å². The quantitative estimate of drug-likeness (QED) is 0.802. The van der Waals surface area contributed by atoms with Gasteiger partial charge in [-0.15, -0.1) is 0 Å². The van der Waals surface area contributed by atoms with Crippen LogP contribution in [0.4, 0.5) is 0 Å². The molecule has 4 heteroatoms. The lowest BCUT2D eigenvalue weighted by Gasteiger charge is -2.10. The van der Waals surface area contributed by atoms with Crippen molar-refractivity contribution in [1.29, 1.82) is 0 Å². The van der Waals surface area contributed by atoms with Gasteiger partial charge in [0.15, 0.2) is 0 Å². The number of rotatable bonds is 6. The van der Waals surface area contributed by atoms with Crippen molar-refractivity contribution in [2.45, 2.75) is 32.7 Å². The predicted molar refractivity (Wildman–Crippen MR) is 72.7 cm³/mol. The molecule has 3 N–H and O–H groups in total. The molecular formula is C14H22N2O2. The van der Waals surface area contributed by atoms with Crippen LogP contribution in [0.15, 0.2) is 18.2 Å². The largest absolute Gasteiger partial charge is 0.496 e. The molecule has 100 valence electrons. The Labute approximate surface area is 109 Å². The van der Waals surface area contributed by atoms with Crippen LogP contribution in [0.1, 0.15) is 24.5 Å². The number of carbonyl (C=O) groups is 1. The van der Waals surface area contributed by atoms with Gasteiger partial charge in [0.2, 0.25) is 5.91 Å². The lowest BCUT2D eigenvalue weighted by Crippen LogP contribution is -2.35. The molecular weight excluding hydrogens is 228 g/mol. The van der Waals surface area contributed by atoms with Crippen LogP contribution in [-0.4, -0.2) is 25.6 Å². The molecule has 1 rings (SSSR count). The highest BCUT2D eigenvalue weighted by molar-refractivity contribution is 5.76. The SMILES string of the molecule is COc1cc(C)ccc1CCC(=O)NCC(C)N. The molecule has 1 amide bonds. The molecule has 0 fully saturated rings. The minimum atomic E-state index is -0.0112. The van der Waals surface area contributed by atoms with Gasteiger partial charge in [-0.2, -0.15) is 0 Å². The third kappa shape index (κ3) is 4.75. The molecule has 0 aliphatic rings. The zero-order valence-corrected chi connectivity index (χ0v) is 11.3. The van der Waals surface area contributed by atoms with Crippen molar-refractivity contribution in [3.05, 3.63) is 29.3 Å². The Morgan fingerprint density at radius 2 is 2.22 bits per heavy atom. The van der Waals surface area contributed by atoms with Gasteiger partial charge >= 0.3 is 0 Å². The topological polar surface area (TPSA) is 64.3 Å². The lowest BCUT2D eigenvalue weighted by atomic mass is 10.1. The molecule has 18 heavy (non-hydrogen) atoms. The van der Waals surface area contributed by atoms with Crippen LogP contribution in [0.3, 0.4) is 0 Å². The fourth-order valence-corrected chi connectivity index (χ4v) is 1.67. The van der Waals surface area contributed by atoms with E-state index in [1.54, 1.807) is 7.11 Å². The van der Waals surface area contributed by atoms with Crippen molar-refractivity contribution in [3.63, 3.8) is 0 Å². The summed E-state index contributed by atoms with van der Waals surface area (Å²) in [6.07, 6.45) is 1.13. The number of carbonyl (C=O) groups excluding carboxylic acids is 1. The molecule has 1 aromatic carbocycles. The minimum Gasteiger partial charge on any atom is -0.496 e. The van der Waals surface area contributed by atoms with Gasteiger partial charge < -0.3 is 15.8 Å². The van der Waals surface area contributed by atoms with E-state index in [0.29, 0.717) is 19.4 Å². The Kier molecular flexibility index (Phi) is 5.65.